The lowest BCUT2D eigenvalue weighted by Crippen LogP contribution is -2.28. The van der Waals surface area contributed by atoms with E-state index in [-0.39, 0.29) is 0 Å². The average Bonchev–Trinajstić information content (AvgIpc) is 2.37. The minimum atomic E-state index is -0.798. The van der Waals surface area contributed by atoms with Crippen LogP contribution in [0.4, 0.5) is 5.69 Å². The minimum Gasteiger partial charge on any atom is -0.481 e. The molecule has 0 fully saturated rings. The van der Waals surface area contributed by atoms with Crippen molar-refractivity contribution in [3.8, 4) is 0 Å². The second-order valence-electron chi connectivity index (χ2n) is 4.37. The Bertz CT molecular complexity index is 566. The Morgan fingerprint density at radius 1 is 1.44 bits per heavy atom. The number of nitrogens with zero attached hydrogens (tertiary/aromatic N) is 3. The summed E-state index contributed by atoms with van der Waals surface area (Å²) in [6.45, 7) is 2.13. The molecule has 0 bridgehead atoms. The summed E-state index contributed by atoms with van der Waals surface area (Å²) in [5.74, 6) is -1.23. The van der Waals surface area contributed by atoms with Crippen LogP contribution in [0.5, 0.6) is 0 Å². The van der Waals surface area contributed by atoms with Crippen LogP contribution in [0.25, 0.3) is 10.9 Å². The van der Waals surface area contributed by atoms with Crippen molar-refractivity contribution >= 4 is 22.6 Å². The molecular weight excluding hydrogens is 230 g/mol. The summed E-state index contributed by atoms with van der Waals surface area (Å²) in [6, 6.07) is 7.68. The number of rotatable bonds is 4. The van der Waals surface area contributed by atoms with Crippen LogP contribution in [-0.4, -0.2) is 34.9 Å². The highest BCUT2D eigenvalue weighted by atomic mass is 16.4. The Hall–Kier alpha value is -2.17. The number of aliphatic carboxylic acids is 1. The molecule has 0 spiro atoms. The van der Waals surface area contributed by atoms with Crippen molar-refractivity contribution in [3.05, 3.63) is 30.5 Å². The van der Waals surface area contributed by atoms with E-state index in [9.17, 15) is 4.79 Å². The fourth-order valence-corrected chi connectivity index (χ4v) is 1.88. The third kappa shape index (κ3) is 2.40. The van der Waals surface area contributed by atoms with Gasteiger partial charge in [-0.25, -0.2) is 0 Å². The van der Waals surface area contributed by atoms with Gasteiger partial charge in [0.25, 0.3) is 0 Å². The molecule has 0 saturated heterocycles. The van der Waals surface area contributed by atoms with Crippen LogP contribution in [-0.2, 0) is 4.79 Å². The van der Waals surface area contributed by atoms with Gasteiger partial charge < -0.3 is 10.0 Å². The number of fused-ring (bicyclic) bond motifs is 1. The first-order chi connectivity index (χ1) is 8.59. The highest BCUT2D eigenvalue weighted by Crippen LogP contribution is 2.23. The van der Waals surface area contributed by atoms with Gasteiger partial charge in [0.05, 0.1) is 23.3 Å². The summed E-state index contributed by atoms with van der Waals surface area (Å²) in [5, 5.41) is 17.9. The summed E-state index contributed by atoms with van der Waals surface area (Å²) in [4.78, 5) is 12.8. The van der Waals surface area contributed by atoms with E-state index < -0.39 is 11.9 Å². The van der Waals surface area contributed by atoms with Gasteiger partial charge >= 0.3 is 5.97 Å². The number of benzene rings is 1. The molecule has 0 aliphatic carbocycles. The van der Waals surface area contributed by atoms with Crippen molar-refractivity contribution in [2.75, 3.05) is 18.5 Å². The van der Waals surface area contributed by atoms with E-state index in [0.29, 0.717) is 6.54 Å². The molecule has 0 amide bonds. The molecule has 1 unspecified atom stereocenters. The lowest BCUT2D eigenvalue weighted by Gasteiger charge is -2.22. The number of aromatic nitrogens is 2. The summed E-state index contributed by atoms with van der Waals surface area (Å²) >= 11 is 0. The molecule has 0 aliphatic heterocycles. The Kier molecular flexibility index (Phi) is 3.41. The molecule has 1 N–H and O–H groups in total. The molecule has 1 aromatic carbocycles. The van der Waals surface area contributed by atoms with Crippen LogP contribution >= 0.6 is 0 Å². The van der Waals surface area contributed by atoms with Gasteiger partial charge in [-0.05, 0) is 6.07 Å². The number of hydrogen-bond donors (Lipinski definition) is 1. The Morgan fingerprint density at radius 3 is 2.89 bits per heavy atom. The van der Waals surface area contributed by atoms with E-state index in [0.717, 1.165) is 16.6 Å². The highest BCUT2D eigenvalue weighted by molar-refractivity contribution is 5.90. The summed E-state index contributed by atoms with van der Waals surface area (Å²) in [6.07, 6.45) is 1.66. The predicted molar refractivity (Wildman–Crippen MR) is 69.6 cm³/mol. The van der Waals surface area contributed by atoms with Gasteiger partial charge in [0.1, 0.15) is 0 Å². The first kappa shape index (κ1) is 12.3. The molecule has 1 heterocycles. The van der Waals surface area contributed by atoms with Gasteiger partial charge in [0, 0.05) is 19.0 Å². The zero-order valence-electron chi connectivity index (χ0n) is 10.4. The van der Waals surface area contributed by atoms with E-state index in [1.807, 2.05) is 36.2 Å². The topological polar surface area (TPSA) is 66.3 Å². The number of carbonyl (C=O) groups is 1. The maximum atomic E-state index is 10.9. The first-order valence-electron chi connectivity index (χ1n) is 5.74. The second kappa shape index (κ2) is 5.00. The molecule has 1 aromatic heterocycles. The van der Waals surface area contributed by atoms with Crippen LogP contribution in [0, 0.1) is 5.92 Å². The van der Waals surface area contributed by atoms with Crippen LogP contribution in [0.2, 0.25) is 0 Å². The fraction of sp³-hybridized carbons (Fsp3) is 0.308. The zero-order valence-corrected chi connectivity index (χ0v) is 10.4. The summed E-state index contributed by atoms with van der Waals surface area (Å²) < 4.78 is 0. The molecule has 5 heteroatoms. The minimum absolute atomic E-state index is 0.429. The summed E-state index contributed by atoms with van der Waals surface area (Å²) in [7, 11) is 1.86. The number of carboxylic acid groups (broad SMARTS) is 1. The molecule has 94 valence electrons. The first-order valence-corrected chi connectivity index (χ1v) is 5.74. The van der Waals surface area contributed by atoms with Gasteiger partial charge in [-0.2, -0.15) is 10.2 Å². The Labute approximate surface area is 105 Å². The van der Waals surface area contributed by atoms with E-state index in [1.54, 1.807) is 13.1 Å². The number of carboxylic acids is 1. The van der Waals surface area contributed by atoms with Gasteiger partial charge in [-0.3, -0.25) is 4.79 Å². The van der Waals surface area contributed by atoms with Crippen molar-refractivity contribution in [2.45, 2.75) is 6.92 Å². The SMILES string of the molecule is CC(CN(C)c1cnnc2ccccc12)C(=O)O. The smallest absolute Gasteiger partial charge is 0.308 e. The molecular formula is C13H15N3O2. The lowest BCUT2D eigenvalue weighted by atomic mass is 10.1. The Morgan fingerprint density at radius 2 is 2.17 bits per heavy atom. The van der Waals surface area contributed by atoms with Crippen molar-refractivity contribution in [3.63, 3.8) is 0 Å². The van der Waals surface area contributed by atoms with Crippen molar-refractivity contribution < 1.29 is 9.90 Å². The number of hydrogen-bond acceptors (Lipinski definition) is 4. The van der Waals surface area contributed by atoms with Gasteiger partial charge in [-0.15, -0.1) is 0 Å². The van der Waals surface area contributed by atoms with Gasteiger partial charge in [0.15, 0.2) is 0 Å². The fourth-order valence-electron chi connectivity index (χ4n) is 1.88. The van der Waals surface area contributed by atoms with E-state index >= 15 is 0 Å². The molecule has 1 atom stereocenters. The Balaban J connectivity index is 2.33. The monoisotopic (exact) mass is 245 g/mol. The largest absolute Gasteiger partial charge is 0.481 e. The van der Waals surface area contributed by atoms with Crippen LogP contribution < -0.4 is 4.90 Å². The normalized spacial score (nSPS) is 12.3. The molecule has 2 rings (SSSR count). The van der Waals surface area contributed by atoms with E-state index in [2.05, 4.69) is 10.2 Å². The predicted octanol–water partition coefficient (Wildman–Crippen LogP) is 1.79. The third-order valence-corrected chi connectivity index (χ3v) is 2.91. The van der Waals surface area contributed by atoms with Crippen LogP contribution in [0.15, 0.2) is 30.5 Å². The molecule has 18 heavy (non-hydrogen) atoms. The molecule has 0 aliphatic rings. The van der Waals surface area contributed by atoms with Crippen molar-refractivity contribution in [2.24, 2.45) is 5.92 Å². The van der Waals surface area contributed by atoms with Gasteiger partial charge in [-0.1, -0.05) is 25.1 Å². The molecule has 5 nitrogen and oxygen atoms in total. The van der Waals surface area contributed by atoms with E-state index in [4.69, 9.17) is 5.11 Å². The lowest BCUT2D eigenvalue weighted by molar-refractivity contribution is -0.140. The molecule has 0 saturated carbocycles. The third-order valence-electron chi connectivity index (χ3n) is 2.91. The van der Waals surface area contributed by atoms with Crippen molar-refractivity contribution in [1.29, 1.82) is 0 Å². The molecule has 0 radical (unpaired) electrons. The van der Waals surface area contributed by atoms with Crippen LogP contribution in [0.3, 0.4) is 0 Å². The van der Waals surface area contributed by atoms with Gasteiger partial charge in [0.2, 0.25) is 0 Å². The van der Waals surface area contributed by atoms with Crippen molar-refractivity contribution in [1.82, 2.24) is 10.2 Å². The van der Waals surface area contributed by atoms with E-state index in [1.165, 1.54) is 0 Å². The number of anilines is 1. The second-order valence-corrected chi connectivity index (χ2v) is 4.37. The standard InChI is InChI=1S/C13H15N3O2/c1-9(13(17)18)8-16(2)12-7-14-15-11-6-4-3-5-10(11)12/h3-7,9H,8H2,1-2H3,(H,17,18). The quantitative estimate of drug-likeness (QED) is 0.889. The molecule has 2 aromatic rings. The highest BCUT2D eigenvalue weighted by Gasteiger charge is 2.15. The summed E-state index contributed by atoms with van der Waals surface area (Å²) in [5.41, 5.74) is 1.71. The average molecular weight is 245 g/mol. The maximum Gasteiger partial charge on any atom is 0.308 e. The van der Waals surface area contributed by atoms with Crippen LogP contribution in [0.1, 0.15) is 6.92 Å². The zero-order chi connectivity index (χ0) is 13.1. The maximum absolute atomic E-state index is 10.9.